The smallest absolute Gasteiger partial charge is 0.274 e. The minimum atomic E-state index is -0.241. The van der Waals surface area contributed by atoms with E-state index >= 15 is 0 Å². The molecule has 0 radical (unpaired) electrons. The SMILES string of the molecule is O=c1[nH]c(Nc2ccc(Cl)cc2)nnc1Cc1cccs1. The van der Waals surface area contributed by atoms with Crippen LogP contribution in [-0.2, 0) is 6.42 Å². The normalized spacial score (nSPS) is 10.5. The molecule has 0 saturated heterocycles. The van der Waals surface area contributed by atoms with Crippen LogP contribution in [0.25, 0.3) is 0 Å². The van der Waals surface area contributed by atoms with E-state index in [1.165, 1.54) is 0 Å². The zero-order valence-corrected chi connectivity index (χ0v) is 12.4. The van der Waals surface area contributed by atoms with Crippen LogP contribution >= 0.6 is 22.9 Å². The number of hydrogen-bond donors (Lipinski definition) is 2. The first kappa shape index (κ1) is 13.8. The largest absolute Gasteiger partial charge is 0.324 e. The number of aromatic nitrogens is 3. The molecule has 0 aliphatic heterocycles. The van der Waals surface area contributed by atoms with E-state index in [1.807, 2.05) is 17.5 Å². The third-order valence-corrected chi connectivity index (χ3v) is 3.92. The maximum absolute atomic E-state index is 12.0. The maximum Gasteiger partial charge on any atom is 0.274 e. The lowest BCUT2D eigenvalue weighted by atomic mass is 10.3. The van der Waals surface area contributed by atoms with Crippen molar-refractivity contribution in [3.8, 4) is 0 Å². The van der Waals surface area contributed by atoms with Crippen LogP contribution < -0.4 is 10.9 Å². The summed E-state index contributed by atoms with van der Waals surface area (Å²) in [6, 6.07) is 11.0. The fourth-order valence-corrected chi connectivity index (χ4v) is 2.62. The molecule has 0 atom stereocenters. The number of anilines is 2. The number of thiophene rings is 1. The molecule has 7 heteroatoms. The van der Waals surface area contributed by atoms with Gasteiger partial charge < -0.3 is 5.32 Å². The minimum absolute atomic E-state index is 0.241. The topological polar surface area (TPSA) is 70.7 Å². The number of aromatic amines is 1. The van der Waals surface area contributed by atoms with E-state index in [0.29, 0.717) is 23.1 Å². The van der Waals surface area contributed by atoms with Crippen LogP contribution in [0.3, 0.4) is 0 Å². The van der Waals surface area contributed by atoms with Gasteiger partial charge in [-0.3, -0.25) is 9.78 Å². The predicted octanol–water partition coefficient (Wildman–Crippen LogP) is 3.21. The molecule has 0 amide bonds. The summed E-state index contributed by atoms with van der Waals surface area (Å²) in [5.41, 5.74) is 0.935. The predicted molar refractivity (Wildman–Crippen MR) is 84.5 cm³/mol. The number of nitrogens with zero attached hydrogens (tertiary/aromatic N) is 2. The molecule has 5 nitrogen and oxygen atoms in total. The van der Waals surface area contributed by atoms with Crippen LogP contribution in [0.1, 0.15) is 10.6 Å². The van der Waals surface area contributed by atoms with Gasteiger partial charge >= 0.3 is 0 Å². The van der Waals surface area contributed by atoms with E-state index in [0.717, 1.165) is 10.6 Å². The number of nitrogens with one attached hydrogen (secondary N) is 2. The molecule has 0 spiro atoms. The van der Waals surface area contributed by atoms with Gasteiger partial charge in [-0.1, -0.05) is 17.7 Å². The Morgan fingerprint density at radius 1 is 1.19 bits per heavy atom. The summed E-state index contributed by atoms with van der Waals surface area (Å²) in [7, 11) is 0. The minimum Gasteiger partial charge on any atom is -0.324 e. The van der Waals surface area contributed by atoms with Gasteiger partial charge in [0.2, 0.25) is 5.95 Å². The Balaban J connectivity index is 1.77. The number of hydrogen-bond acceptors (Lipinski definition) is 5. The molecule has 2 heterocycles. The van der Waals surface area contributed by atoms with Crippen molar-refractivity contribution in [1.29, 1.82) is 0 Å². The van der Waals surface area contributed by atoms with Gasteiger partial charge in [0.25, 0.3) is 5.56 Å². The number of halogens is 1. The van der Waals surface area contributed by atoms with Crippen molar-refractivity contribution >= 4 is 34.6 Å². The van der Waals surface area contributed by atoms with Crippen LogP contribution in [0.5, 0.6) is 0 Å². The van der Waals surface area contributed by atoms with Gasteiger partial charge in [0.1, 0.15) is 5.69 Å². The highest BCUT2D eigenvalue weighted by Gasteiger charge is 2.07. The molecule has 0 unspecified atom stereocenters. The van der Waals surface area contributed by atoms with E-state index in [2.05, 4.69) is 20.5 Å². The lowest BCUT2D eigenvalue weighted by Gasteiger charge is -2.05. The van der Waals surface area contributed by atoms with Gasteiger partial charge in [-0.25, -0.2) is 0 Å². The average molecular weight is 319 g/mol. The summed E-state index contributed by atoms with van der Waals surface area (Å²) >= 11 is 7.40. The first-order valence-electron chi connectivity index (χ1n) is 6.21. The highest BCUT2D eigenvalue weighted by molar-refractivity contribution is 7.09. The highest BCUT2D eigenvalue weighted by atomic mass is 35.5. The Bertz CT molecular complexity index is 783. The monoisotopic (exact) mass is 318 g/mol. The third kappa shape index (κ3) is 3.48. The van der Waals surface area contributed by atoms with Gasteiger partial charge in [-0.15, -0.1) is 21.5 Å². The number of H-pyrrole nitrogens is 1. The number of benzene rings is 1. The quantitative estimate of drug-likeness (QED) is 0.775. The molecule has 0 aliphatic carbocycles. The van der Waals surface area contributed by atoms with Gasteiger partial charge in [-0.2, -0.15) is 0 Å². The summed E-state index contributed by atoms with van der Waals surface area (Å²) in [6.07, 6.45) is 0.487. The molecular formula is C14H11ClN4OS. The molecule has 0 saturated carbocycles. The Morgan fingerprint density at radius 2 is 2.00 bits per heavy atom. The van der Waals surface area contributed by atoms with E-state index in [1.54, 1.807) is 35.6 Å². The van der Waals surface area contributed by atoms with Crippen LogP contribution in [0.15, 0.2) is 46.6 Å². The highest BCUT2D eigenvalue weighted by Crippen LogP contribution is 2.16. The zero-order chi connectivity index (χ0) is 14.7. The molecule has 0 aliphatic rings. The first-order chi connectivity index (χ1) is 10.2. The van der Waals surface area contributed by atoms with Crippen LogP contribution in [0.4, 0.5) is 11.6 Å². The van der Waals surface area contributed by atoms with Crippen LogP contribution in [-0.4, -0.2) is 15.2 Å². The van der Waals surface area contributed by atoms with Crippen molar-refractivity contribution < 1.29 is 0 Å². The van der Waals surface area contributed by atoms with Gasteiger partial charge in [0, 0.05) is 22.0 Å². The Labute approximate surface area is 129 Å². The summed E-state index contributed by atoms with van der Waals surface area (Å²) in [6.45, 7) is 0. The fraction of sp³-hybridized carbons (Fsp3) is 0.0714. The Hall–Kier alpha value is -2.18. The molecule has 2 N–H and O–H groups in total. The van der Waals surface area contributed by atoms with Crippen molar-refractivity contribution in [2.24, 2.45) is 0 Å². The molecule has 0 bridgehead atoms. The Morgan fingerprint density at radius 3 is 2.67 bits per heavy atom. The van der Waals surface area contributed by atoms with Crippen LogP contribution in [0, 0.1) is 0 Å². The second kappa shape index (κ2) is 6.07. The van der Waals surface area contributed by atoms with Crippen molar-refractivity contribution in [3.63, 3.8) is 0 Å². The maximum atomic E-state index is 12.0. The third-order valence-electron chi connectivity index (χ3n) is 2.79. The van der Waals surface area contributed by atoms with E-state index < -0.39 is 0 Å². The Kier molecular flexibility index (Phi) is 3.98. The lowest BCUT2D eigenvalue weighted by Crippen LogP contribution is -2.18. The van der Waals surface area contributed by atoms with Gasteiger partial charge in [0.15, 0.2) is 0 Å². The fourth-order valence-electron chi connectivity index (χ4n) is 1.78. The molecule has 21 heavy (non-hydrogen) atoms. The second-order valence-electron chi connectivity index (χ2n) is 4.34. The lowest BCUT2D eigenvalue weighted by molar-refractivity contribution is 0.879. The molecule has 0 fully saturated rings. The van der Waals surface area contributed by atoms with Gasteiger partial charge in [-0.05, 0) is 35.7 Å². The van der Waals surface area contributed by atoms with Crippen LogP contribution in [0.2, 0.25) is 5.02 Å². The molecule has 2 aromatic heterocycles. The standard InChI is InChI=1S/C14H11ClN4OS/c15-9-3-5-10(6-4-9)16-14-17-13(20)12(18-19-14)8-11-2-1-7-21-11/h1-7H,8H2,(H2,16,17,19,20). The molecule has 3 aromatic rings. The van der Waals surface area contributed by atoms with Crippen molar-refractivity contribution in [1.82, 2.24) is 15.2 Å². The molecular weight excluding hydrogens is 308 g/mol. The molecule has 3 rings (SSSR count). The van der Waals surface area contributed by atoms with Crippen molar-refractivity contribution in [2.45, 2.75) is 6.42 Å². The zero-order valence-electron chi connectivity index (χ0n) is 10.8. The molecule has 106 valence electrons. The van der Waals surface area contributed by atoms with Crippen molar-refractivity contribution in [3.05, 3.63) is 67.7 Å². The summed E-state index contributed by atoms with van der Waals surface area (Å²) in [4.78, 5) is 15.8. The van der Waals surface area contributed by atoms with E-state index in [-0.39, 0.29) is 5.56 Å². The average Bonchev–Trinajstić information content (AvgIpc) is 2.97. The van der Waals surface area contributed by atoms with E-state index in [4.69, 9.17) is 11.6 Å². The summed E-state index contributed by atoms with van der Waals surface area (Å²) in [5.74, 6) is 0.303. The van der Waals surface area contributed by atoms with Crippen molar-refractivity contribution in [2.75, 3.05) is 5.32 Å². The number of rotatable bonds is 4. The summed E-state index contributed by atoms with van der Waals surface area (Å²) < 4.78 is 0. The van der Waals surface area contributed by atoms with Gasteiger partial charge in [0.05, 0.1) is 0 Å². The summed E-state index contributed by atoms with van der Waals surface area (Å²) in [5, 5.41) is 13.6. The first-order valence-corrected chi connectivity index (χ1v) is 7.47. The second-order valence-corrected chi connectivity index (χ2v) is 5.81. The van der Waals surface area contributed by atoms with E-state index in [9.17, 15) is 4.79 Å². The molecule has 1 aromatic carbocycles.